The zero-order chi connectivity index (χ0) is 28.9. The quantitative estimate of drug-likeness (QED) is 0.205. The van der Waals surface area contributed by atoms with E-state index in [0.717, 1.165) is 12.0 Å². The summed E-state index contributed by atoms with van der Waals surface area (Å²) >= 11 is 0. The van der Waals surface area contributed by atoms with E-state index >= 15 is 0 Å². The summed E-state index contributed by atoms with van der Waals surface area (Å²) < 4.78 is 0. The molecule has 2 heterocycles. The summed E-state index contributed by atoms with van der Waals surface area (Å²) in [5, 5.41) is 9.36. The van der Waals surface area contributed by atoms with E-state index in [4.69, 9.17) is 0 Å². The molecule has 0 aromatic heterocycles. The number of anilines is 3. The van der Waals surface area contributed by atoms with Gasteiger partial charge in [0.15, 0.2) is 0 Å². The molecule has 5 aliphatic rings. The van der Waals surface area contributed by atoms with Crippen molar-refractivity contribution in [1.82, 2.24) is 0 Å². The van der Waals surface area contributed by atoms with E-state index in [1.807, 2.05) is 12.1 Å². The minimum atomic E-state index is 0.171. The van der Waals surface area contributed by atoms with Crippen LogP contribution >= 0.6 is 0 Å². The predicted octanol–water partition coefficient (Wildman–Crippen LogP) is 7.59. The molecule has 0 saturated carbocycles. The highest BCUT2D eigenvalue weighted by Crippen LogP contribution is 2.49. The molecule has 0 spiro atoms. The third-order valence-corrected chi connectivity index (χ3v) is 10.2. The molecule has 5 aromatic carbocycles. The molecule has 3 aliphatic carbocycles. The molecule has 0 bridgehead atoms. The second kappa shape index (κ2) is 8.72. The van der Waals surface area contributed by atoms with Crippen LogP contribution < -0.4 is 21.3 Å². The van der Waals surface area contributed by atoms with Gasteiger partial charge in [0.1, 0.15) is 0 Å². The highest BCUT2D eigenvalue weighted by atomic mass is 15.2. The number of rotatable bonds is 2. The maximum Gasteiger partial charge on any atom is 0.248 e. The van der Waals surface area contributed by atoms with Gasteiger partial charge in [0, 0.05) is 23.0 Å². The number of allylic oxidation sites excluding steroid dienone is 7. The Morgan fingerprint density at radius 1 is 0.727 bits per heavy atom. The first-order chi connectivity index (χ1) is 21.8. The van der Waals surface area contributed by atoms with Crippen molar-refractivity contribution in [1.29, 1.82) is 5.26 Å². The fourth-order valence-corrected chi connectivity index (χ4v) is 8.32. The molecule has 0 saturated heterocycles. The Kier molecular flexibility index (Phi) is 4.74. The average Bonchev–Trinajstić information content (AvgIpc) is 3.43. The molecule has 0 amide bonds. The van der Waals surface area contributed by atoms with Crippen molar-refractivity contribution in [3.63, 3.8) is 0 Å². The summed E-state index contributed by atoms with van der Waals surface area (Å²) in [5.41, 5.74) is 20.5. The molecule has 0 N–H and O–H groups in total. The van der Waals surface area contributed by atoms with Crippen molar-refractivity contribution in [2.24, 2.45) is 0 Å². The van der Waals surface area contributed by atoms with Crippen LogP contribution in [0, 0.1) is 11.3 Å². The summed E-state index contributed by atoms with van der Waals surface area (Å²) in [4.78, 5) is 2.51. The predicted molar refractivity (Wildman–Crippen MR) is 182 cm³/mol. The van der Waals surface area contributed by atoms with Crippen LogP contribution in [0.1, 0.15) is 28.2 Å². The van der Waals surface area contributed by atoms with Gasteiger partial charge in [0.2, 0.25) is 6.71 Å². The van der Waals surface area contributed by atoms with Crippen molar-refractivity contribution < 1.29 is 0 Å². The largest absolute Gasteiger partial charge is 0.311 e. The van der Waals surface area contributed by atoms with Crippen molar-refractivity contribution in [2.75, 3.05) is 4.90 Å². The number of hydrogen-bond donors (Lipinski definition) is 0. The van der Waals surface area contributed by atoms with Gasteiger partial charge in [-0.25, -0.2) is 0 Å². The Morgan fingerprint density at radius 2 is 1.59 bits per heavy atom. The first-order valence-electron chi connectivity index (χ1n) is 15.4. The maximum absolute atomic E-state index is 9.36. The first kappa shape index (κ1) is 23.9. The normalized spacial score (nSPS) is 17.2. The Balaban J connectivity index is 1.21. The van der Waals surface area contributed by atoms with Gasteiger partial charge in [-0.15, -0.1) is 0 Å². The van der Waals surface area contributed by atoms with Crippen molar-refractivity contribution in [3.8, 4) is 28.3 Å². The summed E-state index contributed by atoms with van der Waals surface area (Å²) in [6.07, 6.45) is 14.7. The lowest BCUT2D eigenvalue weighted by molar-refractivity contribution is 0.892. The van der Waals surface area contributed by atoms with Crippen molar-refractivity contribution in [3.05, 3.63) is 161 Å². The smallest absolute Gasteiger partial charge is 0.248 e. The molecule has 10 rings (SSSR count). The van der Waals surface area contributed by atoms with Gasteiger partial charge in [-0.3, -0.25) is 0 Å². The molecule has 3 heteroatoms. The minimum Gasteiger partial charge on any atom is -0.311 e. The maximum atomic E-state index is 9.36. The number of fused-ring (bicyclic) bond motifs is 5. The fourth-order valence-electron chi connectivity index (χ4n) is 8.32. The van der Waals surface area contributed by atoms with Gasteiger partial charge in [0.05, 0.1) is 11.6 Å². The van der Waals surface area contributed by atoms with Crippen LogP contribution in [0.25, 0.3) is 28.3 Å². The van der Waals surface area contributed by atoms with E-state index in [0.29, 0.717) is 11.5 Å². The molecule has 0 fully saturated rings. The van der Waals surface area contributed by atoms with Crippen LogP contribution in [0.3, 0.4) is 0 Å². The summed E-state index contributed by atoms with van der Waals surface area (Å²) in [7, 11) is 0. The van der Waals surface area contributed by atoms with Gasteiger partial charge in [-0.1, -0.05) is 103 Å². The molecule has 2 nitrogen and oxygen atoms in total. The van der Waals surface area contributed by atoms with E-state index < -0.39 is 0 Å². The molecular formula is C41H25BN2. The molecule has 5 aromatic rings. The number of nitrogens with zero attached hydrogens (tertiary/aromatic N) is 2. The van der Waals surface area contributed by atoms with Crippen molar-refractivity contribution in [2.45, 2.75) is 12.3 Å². The second-order valence-electron chi connectivity index (χ2n) is 12.4. The van der Waals surface area contributed by atoms with E-state index in [2.05, 4.69) is 132 Å². The van der Waals surface area contributed by atoms with E-state index in [1.165, 1.54) is 78.0 Å². The number of benzene rings is 5. The monoisotopic (exact) mass is 556 g/mol. The molecular weight excluding hydrogens is 531 g/mol. The minimum absolute atomic E-state index is 0.171. The lowest BCUT2D eigenvalue weighted by atomic mass is 9.37. The number of hydrogen-bond acceptors (Lipinski definition) is 2. The van der Waals surface area contributed by atoms with E-state index in [9.17, 15) is 5.26 Å². The van der Waals surface area contributed by atoms with E-state index in [-0.39, 0.29) is 6.71 Å². The van der Waals surface area contributed by atoms with Gasteiger partial charge in [0.25, 0.3) is 0 Å². The van der Waals surface area contributed by atoms with Gasteiger partial charge >= 0.3 is 0 Å². The van der Waals surface area contributed by atoms with Crippen LogP contribution in [0.15, 0.2) is 139 Å². The third-order valence-electron chi connectivity index (χ3n) is 10.2. The van der Waals surface area contributed by atoms with Crippen LogP contribution in [0.4, 0.5) is 17.1 Å². The van der Waals surface area contributed by atoms with Crippen LogP contribution in [-0.4, -0.2) is 6.71 Å². The molecule has 1 atom stereocenters. The SMILES string of the molecule is N#Cc1ccc(-c2ccc3c(c2)B2c4ccccc4-c4cccc(c42)N3c2cc3c4c(c2)CC=C2C=CC=C(C=C3)C24)cc1. The lowest BCUT2D eigenvalue weighted by Crippen LogP contribution is -2.54. The standard InChI is InChI=1S/C41H25BN2/c43-24-25-11-13-26(14-12-25)29-19-20-37-36(23-29)42-35-9-2-1-7-33(35)34-8-4-10-38(41(34)42)44(37)32-21-30-17-15-27-5-3-6-28-16-18-31(22-32)40(30)39(27)28/h1-17,19-23,39H,18H2. The van der Waals surface area contributed by atoms with Gasteiger partial charge in [-0.05, 0) is 104 Å². The van der Waals surface area contributed by atoms with Crippen LogP contribution in [0.2, 0.25) is 0 Å². The summed E-state index contributed by atoms with van der Waals surface area (Å²) in [6, 6.07) is 37.7. The summed E-state index contributed by atoms with van der Waals surface area (Å²) in [6.45, 7) is 0.171. The van der Waals surface area contributed by atoms with Crippen LogP contribution in [-0.2, 0) is 6.42 Å². The van der Waals surface area contributed by atoms with Crippen LogP contribution in [0.5, 0.6) is 0 Å². The Labute approximate surface area is 257 Å². The number of nitriles is 1. The van der Waals surface area contributed by atoms with E-state index in [1.54, 1.807) is 0 Å². The first-order valence-corrected chi connectivity index (χ1v) is 15.4. The zero-order valence-electron chi connectivity index (χ0n) is 24.0. The van der Waals surface area contributed by atoms with Gasteiger partial charge in [-0.2, -0.15) is 5.26 Å². The molecule has 2 aliphatic heterocycles. The highest BCUT2D eigenvalue weighted by molar-refractivity contribution is 7.01. The lowest BCUT2D eigenvalue weighted by Gasteiger charge is -2.38. The second-order valence-corrected chi connectivity index (χ2v) is 12.4. The Hall–Kier alpha value is -5.59. The Morgan fingerprint density at radius 3 is 2.50 bits per heavy atom. The topological polar surface area (TPSA) is 27.0 Å². The zero-order valence-corrected chi connectivity index (χ0v) is 24.0. The molecule has 44 heavy (non-hydrogen) atoms. The summed E-state index contributed by atoms with van der Waals surface area (Å²) in [5.74, 6) is 0.348. The highest BCUT2D eigenvalue weighted by Gasteiger charge is 2.42. The Bertz CT molecular complexity index is 2280. The van der Waals surface area contributed by atoms with Crippen molar-refractivity contribution >= 4 is 46.2 Å². The molecule has 202 valence electrons. The third kappa shape index (κ3) is 3.15. The fraction of sp³-hybridized carbons (Fsp3) is 0.0488. The van der Waals surface area contributed by atoms with Gasteiger partial charge < -0.3 is 4.90 Å². The average molecular weight is 556 g/mol. The molecule has 0 radical (unpaired) electrons. The molecule has 1 unspecified atom stereocenters.